The lowest BCUT2D eigenvalue weighted by Crippen LogP contribution is -1.98. The van der Waals surface area contributed by atoms with Crippen LogP contribution in [0.15, 0.2) is 30.7 Å². The second-order valence-electron chi connectivity index (χ2n) is 2.51. The summed E-state index contributed by atoms with van der Waals surface area (Å²) >= 11 is 5.63. The predicted molar refractivity (Wildman–Crippen MR) is 48.7 cm³/mol. The normalized spacial score (nSPS) is 10.2. The molecular formula is C8H7ClN4. The van der Waals surface area contributed by atoms with Gasteiger partial charge in [-0.1, -0.05) is 11.3 Å². The van der Waals surface area contributed by atoms with Crippen molar-refractivity contribution in [1.29, 1.82) is 0 Å². The molecule has 2 aromatic heterocycles. The fourth-order valence-corrected chi connectivity index (χ4v) is 1.12. The molecule has 5 heteroatoms. The topological polar surface area (TPSA) is 43.6 Å². The van der Waals surface area contributed by atoms with Gasteiger partial charge >= 0.3 is 0 Å². The van der Waals surface area contributed by atoms with Crippen LogP contribution in [0.4, 0.5) is 0 Å². The Kier molecular flexibility index (Phi) is 2.23. The van der Waals surface area contributed by atoms with Gasteiger partial charge in [-0.25, -0.2) is 9.67 Å². The van der Waals surface area contributed by atoms with E-state index >= 15 is 0 Å². The maximum absolute atomic E-state index is 5.63. The van der Waals surface area contributed by atoms with Crippen LogP contribution in [-0.4, -0.2) is 20.0 Å². The average Bonchev–Trinajstić information content (AvgIpc) is 2.71. The summed E-state index contributed by atoms with van der Waals surface area (Å²) in [6.07, 6.45) is 5.07. The summed E-state index contributed by atoms with van der Waals surface area (Å²) in [5, 5.41) is 7.50. The number of alkyl halides is 1. The van der Waals surface area contributed by atoms with Crippen LogP contribution >= 0.6 is 11.6 Å². The van der Waals surface area contributed by atoms with Crippen LogP contribution < -0.4 is 0 Å². The average molecular weight is 195 g/mol. The van der Waals surface area contributed by atoms with E-state index in [0.29, 0.717) is 5.88 Å². The van der Waals surface area contributed by atoms with E-state index in [-0.39, 0.29) is 0 Å². The van der Waals surface area contributed by atoms with Crippen molar-refractivity contribution >= 4 is 11.6 Å². The first kappa shape index (κ1) is 8.19. The van der Waals surface area contributed by atoms with Crippen LogP contribution in [-0.2, 0) is 5.88 Å². The fraction of sp³-hybridized carbons (Fsp3) is 0.125. The summed E-state index contributed by atoms with van der Waals surface area (Å²) in [6.45, 7) is 0. The number of rotatable bonds is 2. The van der Waals surface area contributed by atoms with Crippen molar-refractivity contribution in [2.75, 3.05) is 0 Å². The Morgan fingerprint density at radius 3 is 2.85 bits per heavy atom. The Morgan fingerprint density at radius 2 is 2.31 bits per heavy atom. The zero-order chi connectivity index (χ0) is 9.10. The van der Waals surface area contributed by atoms with Gasteiger partial charge in [-0.2, -0.15) is 0 Å². The highest BCUT2D eigenvalue weighted by molar-refractivity contribution is 6.17. The van der Waals surface area contributed by atoms with E-state index in [1.54, 1.807) is 23.3 Å². The minimum Gasteiger partial charge on any atom is -0.237 e. The van der Waals surface area contributed by atoms with Crippen molar-refractivity contribution in [2.45, 2.75) is 5.88 Å². The summed E-state index contributed by atoms with van der Waals surface area (Å²) in [5.41, 5.74) is 0.991. The summed E-state index contributed by atoms with van der Waals surface area (Å²) in [6, 6.07) is 3.77. The maximum Gasteiger partial charge on any atom is 0.155 e. The second-order valence-corrected chi connectivity index (χ2v) is 2.77. The van der Waals surface area contributed by atoms with Crippen LogP contribution in [0.3, 0.4) is 0 Å². The van der Waals surface area contributed by atoms with Gasteiger partial charge in [0.05, 0.1) is 12.4 Å². The molecule has 0 N–H and O–H groups in total. The molecule has 0 bridgehead atoms. The number of nitrogens with zero attached hydrogens (tertiary/aromatic N) is 4. The van der Waals surface area contributed by atoms with Crippen molar-refractivity contribution in [1.82, 2.24) is 20.0 Å². The number of aromatic nitrogens is 4. The molecule has 0 unspecified atom stereocenters. The van der Waals surface area contributed by atoms with Gasteiger partial charge in [0, 0.05) is 12.1 Å². The summed E-state index contributed by atoms with van der Waals surface area (Å²) in [5.74, 6) is 1.22. The van der Waals surface area contributed by atoms with E-state index in [1.165, 1.54) is 0 Å². The molecule has 0 saturated heterocycles. The SMILES string of the molecule is ClCc1ccc(-n2ccnn2)nc1. The van der Waals surface area contributed by atoms with Crippen LogP contribution in [0.5, 0.6) is 0 Å². The lowest BCUT2D eigenvalue weighted by atomic mass is 10.3. The van der Waals surface area contributed by atoms with Crippen LogP contribution in [0.25, 0.3) is 5.82 Å². The molecule has 0 amide bonds. The first-order valence-corrected chi connectivity index (χ1v) is 4.31. The van der Waals surface area contributed by atoms with Gasteiger partial charge in [-0.15, -0.1) is 16.7 Å². The van der Waals surface area contributed by atoms with Gasteiger partial charge in [0.15, 0.2) is 5.82 Å². The lowest BCUT2D eigenvalue weighted by molar-refractivity contribution is 0.780. The van der Waals surface area contributed by atoms with Crippen LogP contribution in [0, 0.1) is 0 Å². The summed E-state index contributed by atoms with van der Waals surface area (Å²) in [4.78, 5) is 4.17. The summed E-state index contributed by atoms with van der Waals surface area (Å²) in [7, 11) is 0. The number of hydrogen-bond donors (Lipinski definition) is 0. The maximum atomic E-state index is 5.63. The van der Waals surface area contributed by atoms with Crippen molar-refractivity contribution in [3.05, 3.63) is 36.3 Å². The van der Waals surface area contributed by atoms with Gasteiger partial charge in [0.1, 0.15) is 0 Å². The van der Waals surface area contributed by atoms with E-state index in [0.717, 1.165) is 11.4 Å². The first-order chi connectivity index (χ1) is 6.40. The molecule has 0 fully saturated rings. The van der Waals surface area contributed by atoms with E-state index in [4.69, 9.17) is 11.6 Å². The van der Waals surface area contributed by atoms with Gasteiger partial charge in [-0.05, 0) is 11.6 Å². The molecule has 2 rings (SSSR count). The molecule has 0 atom stereocenters. The lowest BCUT2D eigenvalue weighted by Gasteiger charge is -1.98. The third-order valence-corrected chi connectivity index (χ3v) is 1.93. The highest BCUT2D eigenvalue weighted by atomic mass is 35.5. The van der Waals surface area contributed by atoms with Gasteiger partial charge in [0.25, 0.3) is 0 Å². The molecule has 0 aliphatic heterocycles. The Bertz CT molecular complexity index is 368. The zero-order valence-corrected chi connectivity index (χ0v) is 7.52. The van der Waals surface area contributed by atoms with Gasteiger partial charge < -0.3 is 0 Å². The Hall–Kier alpha value is -1.42. The monoisotopic (exact) mass is 194 g/mol. The molecule has 66 valence electrons. The molecule has 0 radical (unpaired) electrons. The smallest absolute Gasteiger partial charge is 0.155 e. The highest BCUT2D eigenvalue weighted by Gasteiger charge is 1.97. The molecule has 0 saturated carbocycles. The number of pyridine rings is 1. The van der Waals surface area contributed by atoms with E-state index in [9.17, 15) is 0 Å². The molecular weight excluding hydrogens is 188 g/mol. The second kappa shape index (κ2) is 3.53. The van der Waals surface area contributed by atoms with Crippen molar-refractivity contribution in [3.8, 4) is 5.82 Å². The molecule has 0 aliphatic rings. The van der Waals surface area contributed by atoms with E-state index in [1.807, 2.05) is 12.1 Å². The zero-order valence-electron chi connectivity index (χ0n) is 6.76. The predicted octanol–water partition coefficient (Wildman–Crippen LogP) is 1.40. The standard InChI is InChI=1S/C8H7ClN4/c9-5-7-1-2-8(10-6-7)13-4-3-11-12-13/h1-4,6H,5H2. The summed E-state index contributed by atoms with van der Waals surface area (Å²) < 4.78 is 1.60. The van der Waals surface area contributed by atoms with Crippen LogP contribution in [0.1, 0.15) is 5.56 Å². The molecule has 13 heavy (non-hydrogen) atoms. The Labute approximate surface area is 80.2 Å². The first-order valence-electron chi connectivity index (χ1n) is 3.78. The highest BCUT2D eigenvalue weighted by Crippen LogP contribution is 2.05. The third-order valence-electron chi connectivity index (χ3n) is 1.62. The molecule has 0 spiro atoms. The van der Waals surface area contributed by atoms with Crippen molar-refractivity contribution in [3.63, 3.8) is 0 Å². The quantitative estimate of drug-likeness (QED) is 0.679. The minimum absolute atomic E-state index is 0.477. The number of hydrogen-bond acceptors (Lipinski definition) is 3. The third kappa shape index (κ3) is 1.67. The van der Waals surface area contributed by atoms with E-state index < -0.39 is 0 Å². The van der Waals surface area contributed by atoms with Crippen molar-refractivity contribution < 1.29 is 0 Å². The Morgan fingerprint density at radius 1 is 1.38 bits per heavy atom. The largest absolute Gasteiger partial charge is 0.237 e. The van der Waals surface area contributed by atoms with Gasteiger partial charge in [0.2, 0.25) is 0 Å². The number of halogens is 1. The minimum atomic E-state index is 0.477. The molecule has 2 heterocycles. The molecule has 0 aliphatic carbocycles. The molecule has 2 aromatic rings. The van der Waals surface area contributed by atoms with Gasteiger partial charge in [-0.3, -0.25) is 0 Å². The molecule has 4 nitrogen and oxygen atoms in total. The van der Waals surface area contributed by atoms with E-state index in [2.05, 4.69) is 15.3 Å². The van der Waals surface area contributed by atoms with Crippen LogP contribution in [0.2, 0.25) is 0 Å². The molecule has 0 aromatic carbocycles. The Balaban J connectivity index is 2.33. The van der Waals surface area contributed by atoms with Crippen molar-refractivity contribution in [2.24, 2.45) is 0 Å². The fourth-order valence-electron chi connectivity index (χ4n) is 0.962.